The molecule has 26 heavy (non-hydrogen) atoms. The van der Waals surface area contributed by atoms with Crippen molar-refractivity contribution in [2.45, 2.75) is 32.5 Å². The van der Waals surface area contributed by atoms with Gasteiger partial charge in [-0.3, -0.25) is 9.59 Å². The van der Waals surface area contributed by atoms with E-state index in [0.717, 1.165) is 24.4 Å². The first-order valence-electron chi connectivity index (χ1n) is 7.77. The summed E-state index contributed by atoms with van der Waals surface area (Å²) in [5.74, 6) is -2.15. The van der Waals surface area contributed by atoms with Crippen LogP contribution in [0.25, 0.3) is 10.9 Å². The summed E-state index contributed by atoms with van der Waals surface area (Å²) in [5.41, 5.74) is -2.15. The summed E-state index contributed by atoms with van der Waals surface area (Å²) in [4.78, 5) is 38.4. The van der Waals surface area contributed by atoms with Crippen LogP contribution in [0.2, 0.25) is 0 Å². The van der Waals surface area contributed by atoms with Gasteiger partial charge in [0.05, 0.1) is 5.56 Å². The Kier molecular flexibility index (Phi) is 5.38. The molecule has 1 aromatic carbocycles. The number of H-pyrrole nitrogens is 1. The van der Waals surface area contributed by atoms with Crippen molar-refractivity contribution < 1.29 is 27.9 Å². The Morgan fingerprint density at radius 1 is 1.27 bits per heavy atom. The monoisotopic (exact) mass is 370 g/mol. The highest BCUT2D eigenvalue weighted by atomic mass is 19.4. The Labute approximate surface area is 146 Å². The summed E-state index contributed by atoms with van der Waals surface area (Å²) in [7, 11) is 0. The molecular formula is C17H17F3N2O4. The minimum Gasteiger partial charge on any atom is -0.480 e. The van der Waals surface area contributed by atoms with Crippen LogP contribution in [0.15, 0.2) is 29.2 Å². The largest absolute Gasteiger partial charge is 0.480 e. The predicted octanol–water partition coefficient (Wildman–Crippen LogP) is 2.78. The van der Waals surface area contributed by atoms with Crippen molar-refractivity contribution in [3.8, 4) is 0 Å². The highest BCUT2D eigenvalue weighted by Crippen LogP contribution is 2.30. The normalized spacial score (nSPS) is 13.0. The molecule has 2 aromatic rings. The van der Waals surface area contributed by atoms with E-state index in [1.165, 1.54) is 0 Å². The first-order valence-corrected chi connectivity index (χ1v) is 7.77. The third-order valence-electron chi connectivity index (χ3n) is 3.76. The van der Waals surface area contributed by atoms with E-state index >= 15 is 0 Å². The number of aliphatic carboxylic acids is 1. The molecule has 3 N–H and O–H groups in total. The molecule has 0 radical (unpaired) electrons. The van der Waals surface area contributed by atoms with E-state index in [2.05, 4.69) is 10.3 Å². The van der Waals surface area contributed by atoms with Gasteiger partial charge >= 0.3 is 12.1 Å². The number of aromatic nitrogens is 1. The van der Waals surface area contributed by atoms with Crippen LogP contribution >= 0.6 is 0 Å². The number of carbonyl (C=O) groups is 2. The summed E-state index contributed by atoms with van der Waals surface area (Å²) in [6.07, 6.45) is -3.41. The van der Waals surface area contributed by atoms with Gasteiger partial charge in [-0.1, -0.05) is 13.8 Å². The molecule has 2 rings (SSSR count). The lowest BCUT2D eigenvalue weighted by Gasteiger charge is -2.16. The Hall–Kier alpha value is -2.84. The quantitative estimate of drug-likeness (QED) is 0.754. The maximum atomic E-state index is 12.7. The third-order valence-corrected chi connectivity index (χ3v) is 3.76. The zero-order chi connectivity index (χ0) is 19.6. The molecule has 1 aromatic heterocycles. The number of carboxylic acids is 1. The molecule has 0 fully saturated rings. The first-order chi connectivity index (χ1) is 12.0. The van der Waals surface area contributed by atoms with Crippen LogP contribution in [0.4, 0.5) is 13.2 Å². The average molecular weight is 370 g/mol. The lowest BCUT2D eigenvalue weighted by atomic mass is 10.0. The van der Waals surface area contributed by atoms with Crippen molar-refractivity contribution in [1.82, 2.24) is 10.3 Å². The Morgan fingerprint density at radius 2 is 1.92 bits per heavy atom. The minimum absolute atomic E-state index is 0.00734. The number of pyridine rings is 1. The zero-order valence-electron chi connectivity index (χ0n) is 14.0. The van der Waals surface area contributed by atoms with Gasteiger partial charge in [-0.25, -0.2) is 4.79 Å². The maximum Gasteiger partial charge on any atom is 0.416 e. The van der Waals surface area contributed by atoms with Crippen molar-refractivity contribution in [3.05, 3.63) is 45.7 Å². The molecule has 140 valence electrons. The molecule has 0 aliphatic carbocycles. The van der Waals surface area contributed by atoms with Gasteiger partial charge in [-0.2, -0.15) is 13.2 Å². The van der Waals surface area contributed by atoms with E-state index < -0.39 is 35.1 Å². The molecule has 1 atom stereocenters. The number of amides is 1. The number of hydrogen-bond acceptors (Lipinski definition) is 3. The van der Waals surface area contributed by atoms with Crippen molar-refractivity contribution >= 4 is 22.8 Å². The van der Waals surface area contributed by atoms with Gasteiger partial charge < -0.3 is 15.4 Å². The Balaban J connectivity index is 2.38. The van der Waals surface area contributed by atoms with E-state index in [0.29, 0.717) is 0 Å². The SMILES string of the molecule is CC(C)C[C@H](NC(=O)c1c[nH]c2cc(C(F)(F)F)ccc2c1=O)C(=O)O. The Bertz CT molecular complexity index is 903. The van der Waals surface area contributed by atoms with Crippen molar-refractivity contribution in [2.24, 2.45) is 5.92 Å². The molecular weight excluding hydrogens is 353 g/mol. The zero-order valence-corrected chi connectivity index (χ0v) is 14.0. The molecule has 6 nitrogen and oxygen atoms in total. The Morgan fingerprint density at radius 3 is 2.46 bits per heavy atom. The maximum absolute atomic E-state index is 12.7. The summed E-state index contributed by atoms with van der Waals surface area (Å²) >= 11 is 0. The lowest BCUT2D eigenvalue weighted by Crippen LogP contribution is -2.43. The van der Waals surface area contributed by atoms with Crippen LogP contribution in [0.1, 0.15) is 36.2 Å². The van der Waals surface area contributed by atoms with Gasteiger partial charge in [-0.15, -0.1) is 0 Å². The molecule has 0 aliphatic rings. The lowest BCUT2D eigenvalue weighted by molar-refractivity contribution is -0.139. The average Bonchev–Trinajstić information content (AvgIpc) is 2.52. The number of nitrogens with one attached hydrogen (secondary N) is 2. The van der Waals surface area contributed by atoms with Gasteiger partial charge in [0.1, 0.15) is 11.6 Å². The number of rotatable bonds is 5. The molecule has 0 spiro atoms. The van der Waals surface area contributed by atoms with Gasteiger partial charge in [0, 0.05) is 17.1 Å². The van der Waals surface area contributed by atoms with Crippen LogP contribution in [-0.2, 0) is 11.0 Å². The van der Waals surface area contributed by atoms with Crippen molar-refractivity contribution in [2.75, 3.05) is 0 Å². The molecule has 0 saturated heterocycles. The fraction of sp³-hybridized carbons (Fsp3) is 0.353. The van der Waals surface area contributed by atoms with Gasteiger partial charge in [0.25, 0.3) is 5.91 Å². The second-order valence-electron chi connectivity index (χ2n) is 6.28. The number of alkyl halides is 3. The molecule has 0 saturated carbocycles. The summed E-state index contributed by atoms with van der Waals surface area (Å²) < 4.78 is 38.2. The fourth-order valence-corrected chi connectivity index (χ4v) is 2.50. The number of carbonyl (C=O) groups excluding carboxylic acids is 1. The van der Waals surface area contributed by atoms with E-state index in [1.807, 2.05) is 0 Å². The summed E-state index contributed by atoms with van der Waals surface area (Å²) in [6.45, 7) is 3.56. The molecule has 1 amide bonds. The number of fused-ring (bicyclic) bond motifs is 1. The van der Waals surface area contributed by atoms with Crippen LogP contribution < -0.4 is 10.7 Å². The number of benzene rings is 1. The van der Waals surface area contributed by atoms with Crippen molar-refractivity contribution in [1.29, 1.82) is 0 Å². The van der Waals surface area contributed by atoms with Gasteiger partial charge in [0.2, 0.25) is 5.43 Å². The third kappa shape index (κ3) is 4.22. The van der Waals surface area contributed by atoms with Crippen molar-refractivity contribution in [3.63, 3.8) is 0 Å². The van der Waals surface area contributed by atoms with E-state index in [1.54, 1.807) is 13.8 Å². The smallest absolute Gasteiger partial charge is 0.416 e. The predicted molar refractivity (Wildman–Crippen MR) is 87.9 cm³/mol. The van der Waals surface area contributed by atoms with Gasteiger partial charge in [0.15, 0.2) is 0 Å². The summed E-state index contributed by atoms with van der Waals surface area (Å²) in [6, 6.07) is 1.33. The number of halogens is 3. The molecule has 9 heteroatoms. The molecule has 1 heterocycles. The molecule has 0 unspecified atom stereocenters. The number of carboxylic acid groups (broad SMARTS) is 1. The summed E-state index contributed by atoms with van der Waals surface area (Å²) in [5, 5.41) is 11.3. The van der Waals surface area contributed by atoms with Crippen LogP contribution in [0, 0.1) is 5.92 Å². The second kappa shape index (κ2) is 7.19. The number of aromatic amines is 1. The standard InChI is InChI=1S/C17H17F3N2O4/c1-8(2)5-13(16(25)26)22-15(24)11-7-21-12-6-9(17(18,19)20)3-4-10(12)14(11)23/h3-4,6-8,13H,5H2,1-2H3,(H,21,23)(H,22,24)(H,25,26)/t13-/m0/s1. The topological polar surface area (TPSA) is 99.3 Å². The van der Waals surface area contributed by atoms with E-state index in [4.69, 9.17) is 5.11 Å². The second-order valence-corrected chi connectivity index (χ2v) is 6.28. The van der Waals surface area contributed by atoms with E-state index in [9.17, 15) is 27.6 Å². The highest BCUT2D eigenvalue weighted by molar-refractivity contribution is 5.98. The fourth-order valence-electron chi connectivity index (χ4n) is 2.50. The highest BCUT2D eigenvalue weighted by Gasteiger charge is 2.31. The van der Waals surface area contributed by atoms with E-state index in [-0.39, 0.29) is 28.8 Å². The van der Waals surface area contributed by atoms with Gasteiger partial charge in [-0.05, 0) is 30.5 Å². The molecule has 0 aliphatic heterocycles. The molecule has 0 bridgehead atoms. The first kappa shape index (κ1) is 19.5. The van der Waals surface area contributed by atoms with Crippen LogP contribution in [-0.4, -0.2) is 28.0 Å². The number of hydrogen-bond donors (Lipinski definition) is 3. The minimum atomic E-state index is -4.56. The van der Waals surface area contributed by atoms with Crippen LogP contribution in [0.5, 0.6) is 0 Å². The van der Waals surface area contributed by atoms with Crippen LogP contribution in [0.3, 0.4) is 0 Å².